The Morgan fingerprint density at radius 1 is 1.75 bits per heavy atom. The van der Waals surface area contributed by atoms with Gasteiger partial charge in [-0.15, -0.1) is 11.6 Å². The van der Waals surface area contributed by atoms with Gasteiger partial charge in [0, 0.05) is 0 Å². The first-order chi connectivity index (χ1) is 3.79. The second-order valence-electron chi connectivity index (χ2n) is 2.02. The topological polar surface area (TPSA) is 0 Å². The smallest absolute Gasteiger partial charge is 0.0526 e. The summed E-state index contributed by atoms with van der Waals surface area (Å²) in [7, 11) is 0. The molecule has 0 N–H and O–H groups in total. The number of rotatable bonds is 0. The molecule has 1 atom stereocenters. The van der Waals surface area contributed by atoms with E-state index >= 15 is 0 Å². The van der Waals surface area contributed by atoms with Crippen molar-refractivity contribution in [2.75, 3.05) is 0 Å². The molecule has 2 heteroatoms. The van der Waals surface area contributed by atoms with Crippen molar-refractivity contribution in [3.05, 3.63) is 10.6 Å². The number of hydrogen-bond acceptors (Lipinski definition) is 0. The first-order valence-electron chi connectivity index (χ1n) is 2.79. The van der Waals surface area contributed by atoms with Crippen molar-refractivity contribution in [3.8, 4) is 0 Å². The third-order valence-corrected chi connectivity index (χ3v) is 2.26. The molecule has 0 bridgehead atoms. The van der Waals surface area contributed by atoms with E-state index in [1.165, 1.54) is 17.3 Å². The fourth-order valence-corrected chi connectivity index (χ4v) is 1.89. The van der Waals surface area contributed by atoms with Gasteiger partial charge in [-0.1, -0.05) is 22.0 Å². The summed E-state index contributed by atoms with van der Waals surface area (Å²) in [5, 5.41) is 0.276. The summed E-state index contributed by atoms with van der Waals surface area (Å²) in [5.41, 5.74) is 0. The highest BCUT2D eigenvalue weighted by atomic mass is 79.9. The third-order valence-electron chi connectivity index (χ3n) is 1.26. The SMILES string of the molecule is ClC1C=C(Br)CCC1. The van der Waals surface area contributed by atoms with Crippen molar-refractivity contribution in [1.29, 1.82) is 0 Å². The minimum Gasteiger partial charge on any atom is -0.118 e. The van der Waals surface area contributed by atoms with Crippen LogP contribution in [0, 0.1) is 0 Å². The lowest BCUT2D eigenvalue weighted by Crippen LogP contribution is -1.99. The molecule has 0 amide bonds. The Morgan fingerprint density at radius 3 is 2.88 bits per heavy atom. The quantitative estimate of drug-likeness (QED) is 0.521. The van der Waals surface area contributed by atoms with E-state index in [1.54, 1.807) is 0 Å². The van der Waals surface area contributed by atoms with Gasteiger partial charge in [0.2, 0.25) is 0 Å². The minimum absolute atomic E-state index is 0.276. The highest BCUT2D eigenvalue weighted by Gasteiger charge is 2.07. The van der Waals surface area contributed by atoms with E-state index in [1.807, 2.05) is 0 Å². The van der Waals surface area contributed by atoms with Gasteiger partial charge < -0.3 is 0 Å². The Morgan fingerprint density at radius 2 is 2.50 bits per heavy atom. The maximum atomic E-state index is 5.81. The molecular weight excluding hydrogens is 187 g/mol. The predicted octanol–water partition coefficient (Wildman–Crippen LogP) is 3.06. The highest BCUT2D eigenvalue weighted by molar-refractivity contribution is 9.11. The summed E-state index contributed by atoms with van der Waals surface area (Å²) in [5.74, 6) is 0. The average Bonchev–Trinajstić information content (AvgIpc) is 1.64. The molecule has 0 saturated carbocycles. The van der Waals surface area contributed by atoms with E-state index in [0.29, 0.717) is 0 Å². The molecule has 0 radical (unpaired) electrons. The van der Waals surface area contributed by atoms with Crippen LogP contribution >= 0.6 is 27.5 Å². The summed E-state index contributed by atoms with van der Waals surface area (Å²) in [6.07, 6.45) is 5.61. The van der Waals surface area contributed by atoms with Crippen molar-refractivity contribution in [1.82, 2.24) is 0 Å². The normalized spacial score (nSPS) is 29.8. The summed E-state index contributed by atoms with van der Waals surface area (Å²) < 4.78 is 1.27. The Kier molecular flexibility index (Phi) is 2.39. The van der Waals surface area contributed by atoms with Crippen LogP contribution in [0.1, 0.15) is 19.3 Å². The minimum atomic E-state index is 0.276. The molecule has 1 aliphatic rings. The fourth-order valence-electron chi connectivity index (χ4n) is 0.829. The van der Waals surface area contributed by atoms with Gasteiger partial charge in [0.15, 0.2) is 0 Å². The highest BCUT2D eigenvalue weighted by Crippen LogP contribution is 2.24. The molecule has 8 heavy (non-hydrogen) atoms. The lowest BCUT2D eigenvalue weighted by atomic mass is 10.1. The predicted molar refractivity (Wildman–Crippen MR) is 40.5 cm³/mol. The fraction of sp³-hybridized carbons (Fsp3) is 0.667. The molecular formula is C6H8BrCl. The Balaban J connectivity index is 2.50. The maximum Gasteiger partial charge on any atom is 0.0526 e. The van der Waals surface area contributed by atoms with Crippen molar-refractivity contribution in [2.45, 2.75) is 24.6 Å². The largest absolute Gasteiger partial charge is 0.118 e. The van der Waals surface area contributed by atoms with E-state index in [9.17, 15) is 0 Å². The lowest BCUT2D eigenvalue weighted by Gasteiger charge is -2.10. The second-order valence-corrected chi connectivity index (χ2v) is 3.60. The van der Waals surface area contributed by atoms with Crippen molar-refractivity contribution in [2.24, 2.45) is 0 Å². The molecule has 0 fully saturated rings. The second kappa shape index (κ2) is 2.88. The van der Waals surface area contributed by atoms with E-state index in [2.05, 4.69) is 22.0 Å². The Bertz CT molecular complexity index is 109. The summed E-state index contributed by atoms with van der Waals surface area (Å²) >= 11 is 9.21. The van der Waals surface area contributed by atoms with E-state index in [4.69, 9.17) is 11.6 Å². The molecule has 0 heterocycles. The van der Waals surface area contributed by atoms with Crippen molar-refractivity contribution in [3.63, 3.8) is 0 Å². The number of alkyl halides is 1. The van der Waals surface area contributed by atoms with Crippen LogP contribution < -0.4 is 0 Å². The van der Waals surface area contributed by atoms with Gasteiger partial charge in [-0.3, -0.25) is 0 Å². The molecule has 0 spiro atoms. The van der Waals surface area contributed by atoms with Gasteiger partial charge in [0.1, 0.15) is 0 Å². The maximum absolute atomic E-state index is 5.81. The lowest BCUT2D eigenvalue weighted by molar-refractivity contribution is 0.730. The summed E-state index contributed by atoms with van der Waals surface area (Å²) in [6.45, 7) is 0. The molecule has 0 saturated heterocycles. The molecule has 0 nitrogen and oxygen atoms in total. The van der Waals surface area contributed by atoms with E-state index in [-0.39, 0.29) is 5.38 Å². The summed E-state index contributed by atoms with van der Waals surface area (Å²) in [6, 6.07) is 0. The number of hydrogen-bond donors (Lipinski definition) is 0. The molecule has 0 aromatic heterocycles. The summed E-state index contributed by atoms with van der Waals surface area (Å²) in [4.78, 5) is 0. The Hall–Kier alpha value is 0.510. The zero-order chi connectivity index (χ0) is 5.98. The zero-order valence-electron chi connectivity index (χ0n) is 4.53. The van der Waals surface area contributed by atoms with Crippen molar-refractivity contribution >= 4 is 27.5 Å². The molecule has 0 aromatic rings. The average molecular weight is 195 g/mol. The Labute approximate surface area is 63.0 Å². The molecule has 0 aliphatic heterocycles. The van der Waals surface area contributed by atoms with Gasteiger partial charge in [0.25, 0.3) is 0 Å². The zero-order valence-corrected chi connectivity index (χ0v) is 6.87. The standard InChI is InChI=1S/C6H8BrCl/c7-5-2-1-3-6(8)4-5/h4,6H,1-3H2. The first kappa shape index (κ1) is 6.63. The molecule has 46 valence electrons. The van der Waals surface area contributed by atoms with Gasteiger partial charge in [0.05, 0.1) is 5.38 Å². The van der Waals surface area contributed by atoms with Crippen LogP contribution in [0.2, 0.25) is 0 Å². The van der Waals surface area contributed by atoms with Gasteiger partial charge in [-0.05, 0) is 23.7 Å². The van der Waals surface area contributed by atoms with Gasteiger partial charge in [-0.2, -0.15) is 0 Å². The van der Waals surface area contributed by atoms with Crippen LogP contribution in [-0.4, -0.2) is 5.38 Å². The molecule has 0 aromatic carbocycles. The van der Waals surface area contributed by atoms with Crippen LogP contribution in [0.3, 0.4) is 0 Å². The van der Waals surface area contributed by atoms with Crippen LogP contribution in [0.15, 0.2) is 10.6 Å². The number of allylic oxidation sites excluding steroid dienone is 2. The van der Waals surface area contributed by atoms with E-state index in [0.717, 1.165) is 6.42 Å². The van der Waals surface area contributed by atoms with Crippen LogP contribution in [0.5, 0.6) is 0 Å². The van der Waals surface area contributed by atoms with E-state index < -0.39 is 0 Å². The van der Waals surface area contributed by atoms with Crippen LogP contribution in [-0.2, 0) is 0 Å². The first-order valence-corrected chi connectivity index (χ1v) is 4.02. The molecule has 1 rings (SSSR count). The van der Waals surface area contributed by atoms with Crippen molar-refractivity contribution < 1.29 is 0 Å². The van der Waals surface area contributed by atoms with Gasteiger partial charge in [-0.25, -0.2) is 0 Å². The van der Waals surface area contributed by atoms with Crippen LogP contribution in [0.4, 0.5) is 0 Å². The van der Waals surface area contributed by atoms with Gasteiger partial charge >= 0.3 is 0 Å². The molecule has 1 unspecified atom stereocenters. The monoisotopic (exact) mass is 194 g/mol. The number of halogens is 2. The third kappa shape index (κ3) is 1.79. The van der Waals surface area contributed by atoms with Crippen LogP contribution in [0.25, 0.3) is 0 Å². The molecule has 1 aliphatic carbocycles.